The van der Waals surface area contributed by atoms with Crippen molar-refractivity contribution in [1.82, 2.24) is 9.55 Å². The molecular formula is C19H17BrFN3O3. The van der Waals surface area contributed by atoms with E-state index < -0.39 is 5.82 Å². The predicted octanol–water partition coefficient (Wildman–Crippen LogP) is 3.73. The summed E-state index contributed by atoms with van der Waals surface area (Å²) in [6.45, 7) is 2.28. The van der Waals surface area contributed by atoms with Crippen LogP contribution in [0.2, 0.25) is 0 Å². The molecule has 3 aromatic rings. The molecule has 0 atom stereocenters. The summed E-state index contributed by atoms with van der Waals surface area (Å²) in [7, 11) is 0. The molecule has 0 saturated carbocycles. The number of halogens is 2. The molecule has 140 valence electrons. The monoisotopic (exact) mass is 433 g/mol. The van der Waals surface area contributed by atoms with E-state index in [-0.39, 0.29) is 30.2 Å². The Balaban J connectivity index is 1.67. The molecule has 2 aromatic carbocycles. The third kappa shape index (κ3) is 4.51. The van der Waals surface area contributed by atoms with Crippen LogP contribution in [0.1, 0.15) is 13.3 Å². The minimum atomic E-state index is -0.546. The number of hydrogen-bond acceptors (Lipinski definition) is 4. The molecule has 27 heavy (non-hydrogen) atoms. The Bertz CT molecular complexity index is 1050. The van der Waals surface area contributed by atoms with E-state index in [1.54, 1.807) is 25.1 Å². The van der Waals surface area contributed by atoms with Crippen molar-refractivity contribution in [2.45, 2.75) is 19.9 Å². The van der Waals surface area contributed by atoms with Crippen LogP contribution in [0.4, 0.5) is 10.1 Å². The molecule has 0 aliphatic heterocycles. The fraction of sp³-hybridized carbons (Fsp3) is 0.211. The van der Waals surface area contributed by atoms with E-state index in [0.29, 0.717) is 23.2 Å². The van der Waals surface area contributed by atoms with Gasteiger partial charge in [0.1, 0.15) is 0 Å². The lowest BCUT2D eigenvalue weighted by Crippen LogP contribution is -2.23. The second-order valence-electron chi connectivity index (χ2n) is 5.78. The first kappa shape index (κ1) is 19.0. The molecule has 3 rings (SSSR count). The van der Waals surface area contributed by atoms with Gasteiger partial charge < -0.3 is 10.1 Å². The van der Waals surface area contributed by atoms with E-state index >= 15 is 0 Å². The van der Waals surface area contributed by atoms with Crippen molar-refractivity contribution in [3.8, 4) is 5.75 Å². The number of rotatable bonds is 6. The highest BCUT2D eigenvalue weighted by Gasteiger charge is 2.09. The van der Waals surface area contributed by atoms with Crippen molar-refractivity contribution in [2.75, 3.05) is 11.9 Å². The highest BCUT2D eigenvalue weighted by atomic mass is 79.9. The number of aromatic nitrogens is 2. The van der Waals surface area contributed by atoms with Gasteiger partial charge in [0, 0.05) is 29.2 Å². The van der Waals surface area contributed by atoms with Crippen molar-refractivity contribution >= 4 is 38.4 Å². The third-order valence-corrected chi connectivity index (χ3v) is 4.37. The Morgan fingerprint density at radius 2 is 2.11 bits per heavy atom. The first-order chi connectivity index (χ1) is 13.0. The van der Waals surface area contributed by atoms with E-state index in [1.807, 2.05) is 6.07 Å². The number of hydrogen-bond donors (Lipinski definition) is 1. The molecule has 0 saturated heterocycles. The van der Waals surface area contributed by atoms with Gasteiger partial charge in [0.05, 0.1) is 23.8 Å². The van der Waals surface area contributed by atoms with E-state index in [1.165, 1.54) is 23.0 Å². The lowest BCUT2D eigenvalue weighted by molar-refractivity contribution is -0.116. The molecule has 1 heterocycles. The van der Waals surface area contributed by atoms with Gasteiger partial charge in [0.2, 0.25) is 5.91 Å². The smallest absolute Gasteiger partial charge is 0.261 e. The summed E-state index contributed by atoms with van der Waals surface area (Å²) in [4.78, 5) is 28.9. The zero-order chi connectivity index (χ0) is 19.4. The molecular weight excluding hydrogens is 417 g/mol. The highest BCUT2D eigenvalue weighted by Crippen LogP contribution is 2.21. The molecule has 6 nitrogen and oxygen atoms in total. The summed E-state index contributed by atoms with van der Waals surface area (Å²) < 4.78 is 21.1. The Morgan fingerprint density at radius 1 is 1.30 bits per heavy atom. The van der Waals surface area contributed by atoms with Crippen LogP contribution in [0.5, 0.6) is 5.75 Å². The molecule has 0 fully saturated rings. The number of aryl methyl sites for hydroxylation is 1. The summed E-state index contributed by atoms with van der Waals surface area (Å²) in [5.41, 5.74) is 0.698. The standard InChI is InChI=1S/C19H17BrFN3O3/c1-2-27-17-6-4-13(10-15(17)21)23-18(25)7-8-24-11-22-16-5-3-12(20)9-14(16)19(24)26/h3-6,9-11H,2,7-8H2,1H3,(H,23,25). The molecule has 0 unspecified atom stereocenters. The predicted molar refractivity (Wildman–Crippen MR) is 105 cm³/mol. The molecule has 1 N–H and O–H groups in total. The number of anilines is 1. The van der Waals surface area contributed by atoms with Crippen LogP contribution in [0, 0.1) is 5.82 Å². The van der Waals surface area contributed by atoms with E-state index in [0.717, 1.165) is 4.47 Å². The number of fused-ring (bicyclic) bond motifs is 1. The SMILES string of the molecule is CCOc1ccc(NC(=O)CCn2cnc3ccc(Br)cc3c2=O)cc1F. The highest BCUT2D eigenvalue weighted by molar-refractivity contribution is 9.10. The average molecular weight is 434 g/mol. The van der Waals surface area contributed by atoms with Gasteiger partial charge in [-0.1, -0.05) is 15.9 Å². The molecule has 0 aliphatic rings. The lowest BCUT2D eigenvalue weighted by atomic mass is 10.2. The fourth-order valence-electron chi connectivity index (χ4n) is 2.59. The second-order valence-corrected chi connectivity index (χ2v) is 6.70. The van der Waals surface area contributed by atoms with Gasteiger partial charge in [-0.2, -0.15) is 0 Å². The Kier molecular flexibility index (Phi) is 5.85. The number of benzene rings is 2. The minimum absolute atomic E-state index is 0.0515. The molecule has 0 bridgehead atoms. The van der Waals surface area contributed by atoms with Crippen LogP contribution in [0.25, 0.3) is 10.9 Å². The van der Waals surface area contributed by atoms with Crippen molar-refractivity contribution in [3.63, 3.8) is 0 Å². The van der Waals surface area contributed by atoms with Crippen LogP contribution in [-0.4, -0.2) is 22.1 Å². The summed E-state index contributed by atoms with van der Waals surface area (Å²) in [5.74, 6) is -0.745. The summed E-state index contributed by atoms with van der Waals surface area (Å²) in [6.07, 6.45) is 1.47. The van der Waals surface area contributed by atoms with Gasteiger partial charge in [-0.05, 0) is 37.3 Å². The lowest BCUT2D eigenvalue weighted by Gasteiger charge is -2.09. The van der Waals surface area contributed by atoms with Crippen LogP contribution in [0.3, 0.4) is 0 Å². The van der Waals surface area contributed by atoms with Gasteiger partial charge in [0.25, 0.3) is 5.56 Å². The van der Waals surface area contributed by atoms with E-state index in [9.17, 15) is 14.0 Å². The topological polar surface area (TPSA) is 73.2 Å². The molecule has 0 aliphatic carbocycles. The molecule has 1 aromatic heterocycles. The van der Waals surface area contributed by atoms with Crippen LogP contribution in [-0.2, 0) is 11.3 Å². The maximum atomic E-state index is 13.8. The van der Waals surface area contributed by atoms with Crippen molar-refractivity contribution < 1.29 is 13.9 Å². The number of nitrogens with zero attached hydrogens (tertiary/aromatic N) is 2. The van der Waals surface area contributed by atoms with Crippen molar-refractivity contribution in [3.05, 3.63) is 63.4 Å². The normalized spacial score (nSPS) is 10.8. The molecule has 0 radical (unpaired) electrons. The number of nitrogens with one attached hydrogen (secondary N) is 1. The van der Waals surface area contributed by atoms with E-state index in [4.69, 9.17) is 4.74 Å². The van der Waals surface area contributed by atoms with Crippen molar-refractivity contribution in [1.29, 1.82) is 0 Å². The number of carbonyl (C=O) groups is 1. The van der Waals surface area contributed by atoms with Crippen molar-refractivity contribution in [2.24, 2.45) is 0 Å². The van der Waals surface area contributed by atoms with E-state index in [2.05, 4.69) is 26.2 Å². The van der Waals surface area contributed by atoms with Crippen LogP contribution >= 0.6 is 15.9 Å². The van der Waals surface area contributed by atoms with Gasteiger partial charge in [-0.3, -0.25) is 14.2 Å². The first-order valence-corrected chi connectivity index (χ1v) is 9.14. The fourth-order valence-corrected chi connectivity index (χ4v) is 2.95. The van der Waals surface area contributed by atoms with Crippen LogP contribution < -0.4 is 15.6 Å². The summed E-state index contributed by atoms with van der Waals surface area (Å²) >= 11 is 3.33. The van der Waals surface area contributed by atoms with Gasteiger partial charge in [-0.25, -0.2) is 9.37 Å². The Morgan fingerprint density at radius 3 is 2.85 bits per heavy atom. The molecule has 1 amide bonds. The third-order valence-electron chi connectivity index (χ3n) is 3.88. The summed E-state index contributed by atoms with van der Waals surface area (Å²) in [5, 5.41) is 3.08. The quantitative estimate of drug-likeness (QED) is 0.642. The van der Waals surface area contributed by atoms with Crippen LogP contribution in [0.15, 0.2) is 52.0 Å². The number of ether oxygens (including phenoxy) is 1. The average Bonchev–Trinajstić information content (AvgIpc) is 2.64. The maximum absolute atomic E-state index is 13.8. The molecule has 0 spiro atoms. The second kappa shape index (κ2) is 8.30. The minimum Gasteiger partial charge on any atom is -0.491 e. The Hall–Kier alpha value is -2.74. The maximum Gasteiger partial charge on any atom is 0.261 e. The van der Waals surface area contributed by atoms with Gasteiger partial charge >= 0.3 is 0 Å². The first-order valence-electron chi connectivity index (χ1n) is 8.35. The Labute approximate surface area is 163 Å². The zero-order valence-electron chi connectivity index (χ0n) is 14.5. The molecule has 8 heteroatoms. The summed E-state index contributed by atoms with van der Waals surface area (Å²) in [6, 6.07) is 9.48. The van der Waals surface area contributed by atoms with Gasteiger partial charge in [-0.15, -0.1) is 0 Å². The van der Waals surface area contributed by atoms with Gasteiger partial charge in [0.15, 0.2) is 11.6 Å². The largest absolute Gasteiger partial charge is 0.491 e. The number of carbonyl (C=O) groups excluding carboxylic acids is 1. The number of amides is 1. The zero-order valence-corrected chi connectivity index (χ0v) is 16.1.